The van der Waals surface area contributed by atoms with Gasteiger partial charge in [0.05, 0.1) is 17.8 Å². The number of aryl methyl sites for hydroxylation is 1. The first-order valence-electron chi connectivity index (χ1n) is 11.7. The summed E-state index contributed by atoms with van der Waals surface area (Å²) in [6.45, 7) is 3.63. The van der Waals surface area contributed by atoms with Gasteiger partial charge in [-0.15, -0.1) is 10.2 Å². The smallest absolute Gasteiger partial charge is 0.293 e. The van der Waals surface area contributed by atoms with Crippen molar-refractivity contribution < 1.29 is 14.5 Å². The maximum Gasteiger partial charge on any atom is 0.293 e. The van der Waals surface area contributed by atoms with Crippen molar-refractivity contribution in [3.63, 3.8) is 0 Å². The van der Waals surface area contributed by atoms with Gasteiger partial charge in [0.2, 0.25) is 5.91 Å². The summed E-state index contributed by atoms with van der Waals surface area (Å²) in [5, 5.41) is 23.8. The summed E-state index contributed by atoms with van der Waals surface area (Å²) in [4.78, 5) is 23.8. The van der Waals surface area contributed by atoms with Gasteiger partial charge in [-0.25, -0.2) is 0 Å². The molecule has 0 bridgehead atoms. The monoisotopic (exact) mass is 495 g/mol. The molecule has 184 valence electrons. The number of aromatic nitrogens is 3. The van der Waals surface area contributed by atoms with Crippen molar-refractivity contribution in [2.45, 2.75) is 57.1 Å². The van der Waals surface area contributed by atoms with E-state index in [9.17, 15) is 14.9 Å². The lowest BCUT2D eigenvalue weighted by molar-refractivity contribution is -0.384. The molecule has 1 fully saturated rings. The van der Waals surface area contributed by atoms with E-state index in [0.29, 0.717) is 10.7 Å². The predicted molar refractivity (Wildman–Crippen MR) is 136 cm³/mol. The Morgan fingerprint density at radius 1 is 1.14 bits per heavy atom. The molecule has 10 heteroatoms. The molecule has 0 radical (unpaired) electrons. The fraction of sp³-hybridized carbons (Fsp3) is 0.400. The molecule has 1 aliphatic rings. The molecule has 1 N–H and O–H groups in total. The highest BCUT2D eigenvalue weighted by molar-refractivity contribution is 7.99. The average molecular weight is 496 g/mol. The maximum atomic E-state index is 12.8. The standard InChI is InChI=1S/C25H29N5O4S/c1-16-9-14-21(30(32)33)23(17(16)2)26-22(31)15-35-25-28-27-24(18-10-12-20(34-3)13-11-18)29(25)19-7-5-4-6-8-19/h9-14,19H,4-8,15H2,1-3H3,(H,26,31). The van der Waals surface area contributed by atoms with Crippen LogP contribution in [-0.2, 0) is 4.79 Å². The van der Waals surface area contributed by atoms with Crippen LogP contribution in [0.2, 0.25) is 0 Å². The van der Waals surface area contributed by atoms with Gasteiger partial charge in [-0.3, -0.25) is 19.5 Å². The first kappa shape index (κ1) is 24.7. The van der Waals surface area contributed by atoms with Crippen LogP contribution in [0.1, 0.15) is 49.3 Å². The minimum atomic E-state index is -0.476. The topological polar surface area (TPSA) is 112 Å². The quantitative estimate of drug-likeness (QED) is 0.242. The van der Waals surface area contributed by atoms with Crippen LogP contribution in [0.25, 0.3) is 11.4 Å². The van der Waals surface area contributed by atoms with E-state index in [1.807, 2.05) is 31.2 Å². The Hall–Kier alpha value is -3.40. The summed E-state index contributed by atoms with van der Waals surface area (Å²) in [6, 6.07) is 11.1. The zero-order valence-corrected chi connectivity index (χ0v) is 20.9. The number of methoxy groups -OCH3 is 1. The Morgan fingerprint density at radius 3 is 2.51 bits per heavy atom. The van der Waals surface area contributed by atoms with Crippen molar-refractivity contribution in [3.05, 3.63) is 57.6 Å². The zero-order chi connectivity index (χ0) is 24.9. The highest BCUT2D eigenvalue weighted by Gasteiger charge is 2.25. The molecule has 1 saturated carbocycles. The number of ether oxygens (including phenoxy) is 1. The number of thioether (sulfide) groups is 1. The van der Waals surface area contributed by atoms with E-state index in [1.54, 1.807) is 20.1 Å². The number of nitrogens with zero attached hydrogens (tertiary/aromatic N) is 4. The van der Waals surface area contributed by atoms with Crippen molar-refractivity contribution in [1.82, 2.24) is 14.8 Å². The van der Waals surface area contributed by atoms with Crippen molar-refractivity contribution in [1.29, 1.82) is 0 Å². The van der Waals surface area contributed by atoms with Crippen molar-refractivity contribution in [3.8, 4) is 17.1 Å². The Kier molecular flexibility index (Phi) is 7.70. The molecule has 35 heavy (non-hydrogen) atoms. The van der Waals surface area contributed by atoms with Gasteiger partial charge in [-0.05, 0) is 62.1 Å². The minimum Gasteiger partial charge on any atom is -0.497 e. The number of carbonyl (C=O) groups excluding carboxylic acids is 1. The number of hydrogen-bond donors (Lipinski definition) is 1. The third-order valence-corrected chi connectivity index (χ3v) is 7.40. The molecule has 1 aromatic heterocycles. The van der Waals surface area contributed by atoms with Gasteiger partial charge in [0.15, 0.2) is 11.0 Å². The van der Waals surface area contributed by atoms with E-state index in [0.717, 1.165) is 48.4 Å². The maximum absolute atomic E-state index is 12.8. The number of carbonyl (C=O) groups is 1. The number of nitro benzene ring substituents is 1. The minimum absolute atomic E-state index is 0.0675. The van der Waals surface area contributed by atoms with Gasteiger partial charge in [-0.1, -0.05) is 37.1 Å². The molecule has 4 rings (SSSR count). The van der Waals surface area contributed by atoms with E-state index in [4.69, 9.17) is 4.74 Å². The second-order valence-corrected chi connectivity index (χ2v) is 9.63. The van der Waals surface area contributed by atoms with Crippen LogP contribution in [-0.4, -0.2) is 38.5 Å². The predicted octanol–water partition coefficient (Wildman–Crippen LogP) is 5.71. The molecule has 3 aromatic rings. The summed E-state index contributed by atoms with van der Waals surface area (Å²) in [7, 11) is 1.63. The molecule has 1 heterocycles. The third-order valence-electron chi connectivity index (χ3n) is 6.46. The number of rotatable bonds is 8. The van der Waals surface area contributed by atoms with E-state index in [-0.39, 0.29) is 29.1 Å². The van der Waals surface area contributed by atoms with E-state index in [2.05, 4.69) is 20.1 Å². The average Bonchev–Trinajstić information content (AvgIpc) is 3.30. The van der Waals surface area contributed by atoms with Crippen LogP contribution in [0.3, 0.4) is 0 Å². The molecule has 0 unspecified atom stereocenters. The number of amides is 1. The van der Waals surface area contributed by atoms with Gasteiger partial charge in [0, 0.05) is 17.7 Å². The fourth-order valence-electron chi connectivity index (χ4n) is 4.40. The highest BCUT2D eigenvalue weighted by Crippen LogP contribution is 2.36. The normalized spacial score (nSPS) is 14.0. The van der Waals surface area contributed by atoms with Gasteiger partial charge in [0.1, 0.15) is 11.4 Å². The van der Waals surface area contributed by atoms with E-state index >= 15 is 0 Å². The largest absolute Gasteiger partial charge is 0.497 e. The van der Waals surface area contributed by atoms with Crippen LogP contribution in [0.4, 0.5) is 11.4 Å². The van der Waals surface area contributed by atoms with Crippen LogP contribution in [0.15, 0.2) is 41.6 Å². The first-order valence-corrected chi connectivity index (χ1v) is 12.6. The molecule has 1 amide bonds. The molecule has 0 spiro atoms. The molecule has 0 atom stereocenters. The summed E-state index contributed by atoms with van der Waals surface area (Å²) >= 11 is 1.30. The molecule has 1 aliphatic carbocycles. The van der Waals surface area contributed by atoms with Gasteiger partial charge >= 0.3 is 0 Å². The van der Waals surface area contributed by atoms with E-state index < -0.39 is 4.92 Å². The third kappa shape index (κ3) is 5.48. The fourth-order valence-corrected chi connectivity index (χ4v) is 5.20. The summed E-state index contributed by atoms with van der Waals surface area (Å²) in [5.41, 5.74) is 2.63. The number of hydrogen-bond acceptors (Lipinski definition) is 7. The molecule has 9 nitrogen and oxygen atoms in total. The van der Waals surface area contributed by atoms with Crippen LogP contribution >= 0.6 is 11.8 Å². The molecule has 0 saturated heterocycles. The van der Waals surface area contributed by atoms with Gasteiger partial charge in [0.25, 0.3) is 5.69 Å². The second-order valence-electron chi connectivity index (χ2n) is 8.69. The molecule has 0 aliphatic heterocycles. The Balaban J connectivity index is 1.56. The number of nitrogens with one attached hydrogen (secondary N) is 1. The Labute approximate surface area is 208 Å². The summed E-state index contributed by atoms with van der Waals surface area (Å²) < 4.78 is 7.43. The Bertz CT molecular complexity index is 1220. The van der Waals surface area contributed by atoms with Crippen molar-refractivity contribution in [2.75, 3.05) is 18.2 Å². The lowest BCUT2D eigenvalue weighted by Gasteiger charge is -2.25. The zero-order valence-electron chi connectivity index (χ0n) is 20.1. The van der Waals surface area contributed by atoms with Crippen LogP contribution < -0.4 is 10.1 Å². The lowest BCUT2D eigenvalue weighted by atomic mass is 9.95. The molecular weight excluding hydrogens is 466 g/mol. The second kappa shape index (κ2) is 10.9. The summed E-state index contributed by atoms with van der Waals surface area (Å²) in [6.07, 6.45) is 5.58. The van der Waals surface area contributed by atoms with Crippen LogP contribution in [0.5, 0.6) is 5.75 Å². The first-order chi connectivity index (χ1) is 16.9. The number of anilines is 1. The summed E-state index contributed by atoms with van der Waals surface area (Å²) in [5.74, 6) is 1.28. The Morgan fingerprint density at radius 2 is 1.86 bits per heavy atom. The molecule has 2 aromatic carbocycles. The van der Waals surface area contributed by atoms with Crippen molar-refractivity contribution >= 4 is 29.0 Å². The lowest BCUT2D eigenvalue weighted by Crippen LogP contribution is -2.18. The number of nitro groups is 1. The van der Waals surface area contributed by atoms with Gasteiger partial charge < -0.3 is 10.1 Å². The SMILES string of the molecule is COc1ccc(-c2nnc(SCC(=O)Nc3c([N+](=O)[O-])ccc(C)c3C)n2C2CCCCC2)cc1. The molecular formula is C25H29N5O4S. The highest BCUT2D eigenvalue weighted by atomic mass is 32.2. The van der Waals surface area contributed by atoms with Gasteiger partial charge in [-0.2, -0.15) is 0 Å². The van der Waals surface area contributed by atoms with Crippen LogP contribution in [0, 0.1) is 24.0 Å². The number of benzene rings is 2. The van der Waals surface area contributed by atoms with E-state index in [1.165, 1.54) is 24.2 Å². The van der Waals surface area contributed by atoms with Crippen molar-refractivity contribution in [2.24, 2.45) is 0 Å².